The Morgan fingerprint density at radius 1 is 1.47 bits per heavy atom. The van der Waals surface area contributed by atoms with Crippen molar-refractivity contribution < 1.29 is 9.90 Å². The number of aliphatic hydroxyl groups excluding tert-OH is 1. The Morgan fingerprint density at radius 2 is 2.21 bits per heavy atom. The summed E-state index contributed by atoms with van der Waals surface area (Å²) in [5.41, 5.74) is 2.51. The minimum absolute atomic E-state index is 0.0646. The molecule has 3 nitrogen and oxygen atoms in total. The lowest BCUT2D eigenvalue weighted by molar-refractivity contribution is 0.0784. The smallest absolute Gasteiger partial charge is 0.254 e. The Morgan fingerprint density at radius 3 is 2.84 bits per heavy atom. The van der Waals surface area contributed by atoms with Crippen LogP contribution in [0.25, 0.3) is 0 Å². The molecule has 0 atom stereocenters. The zero-order chi connectivity index (χ0) is 13.8. The summed E-state index contributed by atoms with van der Waals surface area (Å²) in [6, 6.07) is 6.04. The number of hydrogen-bond acceptors (Lipinski definition) is 2. The lowest BCUT2D eigenvalue weighted by atomic mass is 10.0. The van der Waals surface area contributed by atoms with Crippen LogP contribution in [0.2, 0.25) is 0 Å². The molecule has 1 saturated carbocycles. The van der Waals surface area contributed by atoms with Crippen molar-refractivity contribution in [2.75, 3.05) is 13.7 Å². The average molecular weight is 257 g/mol. The summed E-state index contributed by atoms with van der Waals surface area (Å²) in [5, 5.41) is 8.73. The molecule has 1 amide bonds. The second-order valence-corrected chi connectivity index (χ2v) is 4.90. The maximum Gasteiger partial charge on any atom is 0.254 e. The van der Waals surface area contributed by atoms with Gasteiger partial charge in [-0.15, -0.1) is 0 Å². The summed E-state index contributed by atoms with van der Waals surface area (Å²) < 4.78 is 0. The van der Waals surface area contributed by atoms with Crippen LogP contribution in [-0.2, 0) is 0 Å². The molecule has 1 aromatic carbocycles. The topological polar surface area (TPSA) is 40.5 Å². The number of hydrogen-bond donors (Lipinski definition) is 1. The van der Waals surface area contributed by atoms with Crippen molar-refractivity contribution in [3.8, 4) is 11.8 Å². The predicted molar refractivity (Wildman–Crippen MR) is 74.9 cm³/mol. The van der Waals surface area contributed by atoms with Crippen LogP contribution in [0, 0.1) is 18.8 Å². The number of carbonyl (C=O) groups is 1. The largest absolute Gasteiger partial charge is 0.395 e. The Bertz CT molecular complexity index is 535. The molecule has 0 heterocycles. The van der Waals surface area contributed by atoms with Gasteiger partial charge in [0.15, 0.2) is 0 Å². The molecule has 2 rings (SSSR count). The molecule has 19 heavy (non-hydrogen) atoms. The molecular weight excluding hydrogens is 238 g/mol. The van der Waals surface area contributed by atoms with Gasteiger partial charge in [-0.1, -0.05) is 17.9 Å². The molecule has 100 valence electrons. The second-order valence-electron chi connectivity index (χ2n) is 4.90. The van der Waals surface area contributed by atoms with Gasteiger partial charge in [-0.05, 0) is 37.5 Å². The summed E-state index contributed by atoms with van der Waals surface area (Å²) >= 11 is 0. The van der Waals surface area contributed by atoms with E-state index in [0.29, 0.717) is 12.5 Å². The third-order valence-electron chi connectivity index (χ3n) is 3.44. The van der Waals surface area contributed by atoms with E-state index in [4.69, 9.17) is 5.11 Å². The third kappa shape index (κ3) is 3.15. The molecule has 1 N–H and O–H groups in total. The van der Waals surface area contributed by atoms with Crippen molar-refractivity contribution in [3.63, 3.8) is 0 Å². The van der Waals surface area contributed by atoms with E-state index >= 15 is 0 Å². The summed E-state index contributed by atoms with van der Waals surface area (Å²) in [6.45, 7) is 1.99. The lowest BCUT2D eigenvalue weighted by Crippen LogP contribution is -2.29. The van der Waals surface area contributed by atoms with Crippen molar-refractivity contribution in [1.29, 1.82) is 0 Å². The molecule has 1 aliphatic carbocycles. The summed E-state index contributed by atoms with van der Waals surface area (Å²) in [4.78, 5) is 14.2. The van der Waals surface area contributed by atoms with Crippen molar-refractivity contribution in [2.45, 2.75) is 32.2 Å². The van der Waals surface area contributed by atoms with Crippen LogP contribution in [-0.4, -0.2) is 35.6 Å². The van der Waals surface area contributed by atoms with Gasteiger partial charge >= 0.3 is 0 Å². The van der Waals surface area contributed by atoms with Crippen molar-refractivity contribution in [3.05, 3.63) is 34.9 Å². The van der Waals surface area contributed by atoms with Gasteiger partial charge in [-0.2, -0.15) is 0 Å². The van der Waals surface area contributed by atoms with Gasteiger partial charge in [-0.3, -0.25) is 4.79 Å². The number of benzene rings is 1. The molecule has 0 bridgehead atoms. The molecule has 0 saturated heterocycles. The summed E-state index contributed by atoms with van der Waals surface area (Å²) in [7, 11) is 1.86. The highest BCUT2D eigenvalue weighted by atomic mass is 16.2. The number of aliphatic hydroxyl groups is 1. The van der Waals surface area contributed by atoms with E-state index in [1.54, 1.807) is 0 Å². The number of carbonyl (C=O) groups excluding carboxylic acids is 1. The molecular formula is C16H19NO2. The monoisotopic (exact) mass is 257 g/mol. The zero-order valence-electron chi connectivity index (χ0n) is 11.4. The van der Waals surface area contributed by atoms with E-state index in [2.05, 4.69) is 11.8 Å². The molecule has 0 aliphatic heterocycles. The Kier molecular flexibility index (Phi) is 4.24. The zero-order valence-corrected chi connectivity index (χ0v) is 11.4. The molecule has 1 aliphatic rings. The minimum Gasteiger partial charge on any atom is -0.395 e. The van der Waals surface area contributed by atoms with Crippen molar-refractivity contribution >= 4 is 5.91 Å². The van der Waals surface area contributed by atoms with Gasteiger partial charge in [0.05, 0.1) is 6.61 Å². The van der Waals surface area contributed by atoms with Gasteiger partial charge in [0.25, 0.3) is 5.91 Å². The van der Waals surface area contributed by atoms with Crippen LogP contribution < -0.4 is 0 Å². The first-order chi connectivity index (χ1) is 9.15. The van der Waals surface area contributed by atoms with Gasteiger partial charge in [0.2, 0.25) is 0 Å². The molecule has 0 unspecified atom stereocenters. The standard InChI is InChI=1S/C16H19NO2/c1-12-13(6-3-4-11-18)7-5-8-15(12)16(19)17(2)14-9-10-14/h5,7-8,14,18H,4,9-11H2,1-2H3. The quantitative estimate of drug-likeness (QED) is 0.841. The lowest BCUT2D eigenvalue weighted by Gasteiger charge is -2.18. The second kappa shape index (κ2) is 5.90. The normalized spacial score (nSPS) is 13.6. The van der Waals surface area contributed by atoms with E-state index in [1.807, 2.05) is 37.1 Å². The highest BCUT2D eigenvalue weighted by Crippen LogP contribution is 2.27. The number of rotatable bonds is 3. The first kappa shape index (κ1) is 13.6. The maximum atomic E-state index is 12.4. The predicted octanol–water partition coefficient (Wildman–Crippen LogP) is 1.96. The molecule has 0 spiro atoms. The molecule has 0 aromatic heterocycles. The minimum atomic E-state index is 0.0646. The average Bonchev–Trinajstić information content (AvgIpc) is 3.24. The summed E-state index contributed by atoms with van der Waals surface area (Å²) in [6.07, 6.45) is 2.67. The SMILES string of the molecule is Cc1c(C#CCCO)cccc1C(=O)N(C)C1CC1. The molecule has 3 heteroatoms. The van der Waals surface area contributed by atoms with Gasteiger partial charge in [-0.25, -0.2) is 0 Å². The van der Waals surface area contributed by atoms with E-state index in [-0.39, 0.29) is 12.5 Å². The first-order valence-electron chi connectivity index (χ1n) is 6.61. The van der Waals surface area contributed by atoms with E-state index in [0.717, 1.165) is 29.5 Å². The molecule has 1 fully saturated rings. The van der Waals surface area contributed by atoms with Crippen molar-refractivity contribution in [2.24, 2.45) is 0 Å². The van der Waals surface area contributed by atoms with Crippen LogP contribution in [0.5, 0.6) is 0 Å². The third-order valence-corrected chi connectivity index (χ3v) is 3.44. The van der Waals surface area contributed by atoms with Gasteiger partial charge < -0.3 is 10.0 Å². The van der Waals surface area contributed by atoms with Crippen LogP contribution >= 0.6 is 0 Å². The highest BCUT2D eigenvalue weighted by molar-refractivity contribution is 5.96. The Balaban J connectivity index is 2.24. The van der Waals surface area contributed by atoms with Crippen LogP contribution in [0.4, 0.5) is 0 Å². The fourth-order valence-corrected chi connectivity index (χ4v) is 2.03. The number of nitrogens with zero attached hydrogens (tertiary/aromatic N) is 1. The molecule has 1 aromatic rings. The van der Waals surface area contributed by atoms with Crippen LogP contribution in [0.15, 0.2) is 18.2 Å². The van der Waals surface area contributed by atoms with E-state index < -0.39 is 0 Å². The van der Waals surface area contributed by atoms with Crippen molar-refractivity contribution in [1.82, 2.24) is 4.90 Å². The van der Waals surface area contributed by atoms with Gasteiger partial charge in [0.1, 0.15) is 0 Å². The highest BCUT2D eigenvalue weighted by Gasteiger charge is 2.30. The summed E-state index contributed by atoms with van der Waals surface area (Å²) in [5.74, 6) is 5.98. The van der Waals surface area contributed by atoms with E-state index in [1.165, 1.54) is 0 Å². The Labute approximate surface area is 114 Å². The number of amides is 1. The maximum absolute atomic E-state index is 12.4. The van der Waals surface area contributed by atoms with Gasteiger partial charge in [0, 0.05) is 30.6 Å². The van der Waals surface area contributed by atoms with Crippen LogP contribution in [0.1, 0.15) is 40.7 Å². The van der Waals surface area contributed by atoms with E-state index in [9.17, 15) is 4.79 Å². The molecule has 0 radical (unpaired) electrons. The first-order valence-corrected chi connectivity index (χ1v) is 6.61. The van der Waals surface area contributed by atoms with Crippen LogP contribution in [0.3, 0.4) is 0 Å². The fourth-order valence-electron chi connectivity index (χ4n) is 2.03. The Hall–Kier alpha value is -1.79. The fraction of sp³-hybridized carbons (Fsp3) is 0.438.